The molecule has 3 aromatic rings. The fourth-order valence-corrected chi connectivity index (χ4v) is 4.46. The number of ether oxygens (including phenoxy) is 1. The summed E-state index contributed by atoms with van der Waals surface area (Å²) in [7, 11) is 0. The van der Waals surface area contributed by atoms with E-state index in [9.17, 15) is 9.59 Å². The molecule has 3 nitrogen and oxygen atoms in total. The van der Waals surface area contributed by atoms with Gasteiger partial charge in [-0.1, -0.05) is 106 Å². The highest BCUT2D eigenvalue weighted by atomic mass is 16.5. The van der Waals surface area contributed by atoms with E-state index in [1.165, 1.54) is 6.92 Å². The topological polar surface area (TPSA) is 43.4 Å². The summed E-state index contributed by atoms with van der Waals surface area (Å²) in [5.74, 6) is -0.137. The van der Waals surface area contributed by atoms with Crippen LogP contribution in [0.5, 0.6) is 0 Å². The highest BCUT2D eigenvalue weighted by Crippen LogP contribution is 2.34. The fraction of sp³-hybridized carbons (Fsp3) is 0.290. The van der Waals surface area contributed by atoms with Crippen LogP contribution in [0.15, 0.2) is 97.1 Å². The second-order valence-electron chi connectivity index (χ2n) is 9.18. The van der Waals surface area contributed by atoms with Crippen molar-refractivity contribution in [2.24, 2.45) is 11.8 Å². The van der Waals surface area contributed by atoms with Crippen LogP contribution in [0.1, 0.15) is 67.1 Å². The average Bonchev–Trinajstić information content (AvgIpc) is 2.83. The third kappa shape index (κ3) is 6.54. The number of carbonyl (C=O) groups is 2. The molecule has 0 spiro atoms. The smallest absolute Gasteiger partial charge is 0.338 e. The van der Waals surface area contributed by atoms with Crippen LogP contribution in [0.25, 0.3) is 0 Å². The van der Waals surface area contributed by atoms with Crippen LogP contribution in [0.4, 0.5) is 0 Å². The third-order valence-electron chi connectivity index (χ3n) is 6.08. The van der Waals surface area contributed by atoms with Crippen LogP contribution >= 0.6 is 0 Å². The molecule has 3 heteroatoms. The van der Waals surface area contributed by atoms with Gasteiger partial charge in [0.25, 0.3) is 0 Å². The van der Waals surface area contributed by atoms with Crippen molar-refractivity contribution in [2.45, 2.75) is 46.1 Å². The summed E-state index contributed by atoms with van der Waals surface area (Å²) < 4.78 is 6.12. The monoisotopic (exact) mass is 454 g/mol. The molecule has 0 aliphatic rings. The molecule has 2 atom stereocenters. The van der Waals surface area contributed by atoms with Gasteiger partial charge in [0.15, 0.2) is 5.78 Å². The molecule has 0 radical (unpaired) electrons. The van der Waals surface area contributed by atoms with Gasteiger partial charge in [-0.2, -0.15) is 0 Å². The summed E-state index contributed by atoms with van der Waals surface area (Å²) in [6.45, 7) is 7.72. The van der Waals surface area contributed by atoms with Gasteiger partial charge in [-0.05, 0) is 54.0 Å². The Hall–Kier alpha value is -3.46. The molecule has 0 aliphatic heterocycles. The molecule has 0 saturated heterocycles. The summed E-state index contributed by atoms with van der Waals surface area (Å²) in [6.07, 6.45) is 3.86. The van der Waals surface area contributed by atoms with Crippen LogP contribution in [0, 0.1) is 11.8 Å². The van der Waals surface area contributed by atoms with Gasteiger partial charge in [0.05, 0.1) is 5.56 Å². The van der Waals surface area contributed by atoms with Crippen molar-refractivity contribution in [1.82, 2.24) is 0 Å². The Morgan fingerprint density at radius 1 is 0.794 bits per heavy atom. The van der Waals surface area contributed by atoms with Gasteiger partial charge in [0, 0.05) is 5.92 Å². The summed E-state index contributed by atoms with van der Waals surface area (Å²) >= 11 is 0. The van der Waals surface area contributed by atoms with E-state index in [-0.39, 0.29) is 35.6 Å². The van der Waals surface area contributed by atoms with Gasteiger partial charge < -0.3 is 4.74 Å². The molecule has 34 heavy (non-hydrogen) atoms. The third-order valence-corrected chi connectivity index (χ3v) is 6.08. The van der Waals surface area contributed by atoms with E-state index in [1.54, 1.807) is 6.08 Å². The van der Waals surface area contributed by atoms with Crippen LogP contribution < -0.4 is 0 Å². The normalized spacial score (nSPS) is 13.2. The predicted octanol–water partition coefficient (Wildman–Crippen LogP) is 7.22. The maximum absolute atomic E-state index is 13.5. The fourth-order valence-electron chi connectivity index (χ4n) is 4.46. The lowest BCUT2D eigenvalue weighted by Crippen LogP contribution is -2.30. The SMILES string of the molecule is CC(=O)/C=C/C[C@@H](C)[C@H](OC(=O)c1ccccc1C(c1ccccc1)c1ccccc1)C(C)C. The summed E-state index contributed by atoms with van der Waals surface area (Å²) in [5.41, 5.74) is 3.75. The molecule has 3 rings (SSSR count). The number of ketones is 1. The summed E-state index contributed by atoms with van der Waals surface area (Å²) in [4.78, 5) is 24.8. The zero-order chi connectivity index (χ0) is 24.5. The number of benzene rings is 3. The van der Waals surface area contributed by atoms with Crippen molar-refractivity contribution < 1.29 is 14.3 Å². The minimum absolute atomic E-state index is 0.0204. The number of hydrogen-bond acceptors (Lipinski definition) is 3. The highest BCUT2D eigenvalue weighted by Gasteiger charge is 2.28. The van der Waals surface area contributed by atoms with Crippen molar-refractivity contribution in [3.8, 4) is 0 Å². The summed E-state index contributed by atoms with van der Waals surface area (Å²) in [6, 6.07) is 28.2. The van der Waals surface area contributed by atoms with E-state index in [4.69, 9.17) is 4.74 Å². The van der Waals surface area contributed by atoms with Crippen molar-refractivity contribution in [3.63, 3.8) is 0 Å². The van der Waals surface area contributed by atoms with Crippen molar-refractivity contribution in [3.05, 3.63) is 119 Å². The Morgan fingerprint density at radius 2 is 1.32 bits per heavy atom. The Balaban J connectivity index is 1.95. The maximum Gasteiger partial charge on any atom is 0.338 e. The minimum atomic E-state index is -0.312. The van der Waals surface area contributed by atoms with Crippen LogP contribution in [0.3, 0.4) is 0 Å². The maximum atomic E-state index is 13.5. The van der Waals surface area contributed by atoms with Gasteiger partial charge in [0.1, 0.15) is 6.10 Å². The van der Waals surface area contributed by atoms with Gasteiger partial charge in [-0.25, -0.2) is 4.79 Å². The second-order valence-corrected chi connectivity index (χ2v) is 9.18. The first-order valence-electron chi connectivity index (χ1n) is 12.0. The van der Waals surface area contributed by atoms with Crippen LogP contribution in [0.2, 0.25) is 0 Å². The van der Waals surface area contributed by atoms with E-state index in [2.05, 4.69) is 45.0 Å². The van der Waals surface area contributed by atoms with Gasteiger partial charge in [0.2, 0.25) is 0 Å². The molecule has 176 valence electrons. The van der Waals surface area contributed by atoms with E-state index >= 15 is 0 Å². The lowest BCUT2D eigenvalue weighted by molar-refractivity contribution is -0.112. The zero-order valence-corrected chi connectivity index (χ0v) is 20.5. The molecule has 0 saturated carbocycles. The van der Waals surface area contributed by atoms with Crippen LogP contribution in [-0.4, -0.2) is 17.9 Å². The number of carbonyl (C=O) groups excluding carboxylic acids is 2. The lowest BCUT2D eigenvalue weighted by Gasteiger charge is -2.28. The number of allylic oxidation sites excluding steroid dienone is 2. The number of esters is 1. The largest absolute Gasteiger partial charge is 0.458 e. The van der Waals surface area contributed by atoms with Gasteiger partial charge >= 0.3 is 5.97 Å². The molecule has 0 fully saturated rings. The summed E-state index contributed by atoms with van der Waals surface area (Å²) in [5, 5.41) is 0. The lowest BCUT2D eigenvalue weighted by atomic mass is 9.83. The second kappa shape index (κ2) is 12.1. The molecule has 0 amide bonds. The zero-order valence-electron chi connectivity index (χ0n) is 20.5. The van der Waals surface area contributed by atoms with E-state index in [0.717, 1.165) is 16.7 Å². The van der Waals surface area contributed by atoms with Gasteiger partial charge in [-0.3, -0.25) is 4.79 Å². The molecule has 0 heterocycles. The first-order chi connectivity index (χ1) is 16.4. The molecule has 0 unspecified atom stereocenters. The molecule has 0 N–H and O–H groups in total. The first-order valence-corrected chi connectivity index (χ1v) is 12.0. The Kier molecular flexibility index (Phi) is 8.98. The highest BCUT2D eigenvalue weighted by molar-refractivity contribution is 5.92. The molecule has 0 aliphatic carbocycles. The standard InChI is InChI=1S/C31H34O3/c1-22(2)30(23(3)14-13-15-24(4)32)34-31(33)28-21-12-11-20-27(28)29(25-16-7-5-8-17-25)26-18-9-6-10-19-26/h5-13,15-23,29-30H,14H2,1-4H3/b15-13+/t23-,30-/m1/s1. The Morgan fingerprint density at radius 3 is 1.85 bits per heavy atom. The van der Waals surface area contributed by atoms with E-state index < -0.39 is 0 Å². The quantitative estimate of drug-likeness (QED) is 0.184. The Labute approximate surface area is 203 Å². The molecular weight excluding hydrogens is 420 g/mol. The van der Waals surface area contributed by atoms with Crippen molar-refractivity contribution >= 4 is 11.8 Å². The molecular formula is C31H34O3. The minimum Gasteiger partial charge on any atom is -0.458 e. The van der Waals surface area contributed by atoms with Crippen molar-refractivity contribution in [1.29, 1.82) is 0 Å². The first kappa shape index (κ1) is 25.2. The van der Waals surface area contributed by atoms with E-state index in [0.29, 0.717) is 12.0 Å². The Bertz CT molecular complexity index is 1060. The average molecular weight is 455 g/mol. The molecule has 0 aromatic heterocycles. The molecule has 3 aromatic carbocycles. The predicted molar refractivity (Wildman–Crippen MR) is 138 cm³/mol. The number of rotatable bonds is 10. The molecule has 0 bridgehead atoms. The van der Waals surface area contributed by atoms with Crippen LogP contribution in [-0.2, 0) is 9.53 Å². The number of hydrogen-bond donors (Lipinski definition) is 0. The van der Waals surface area contributed by atoms with Crippen molar-refractivity contribution in [2.75, 3.05) is 0 Å². The van der Waals surface area contributed by atoms with E-state index in [1.807, 2.05) is 66.7 Å². The van der Waals surface area contributed by atoms with Gasteiger partial charge in [-0.15, -0.1) is 0 Å².